The molecule has 1 aromatic rings. The van der Waals surface area contributed by atoms with Gasteiger partial charge in [0.05, 0.1) is 11.9 Å². The van der Waals surface area contributed by atoms with Crippen LogP contribution in [0.2, 0.25) is 0 Å². The number of hydrogen-bond acceptors (Lipinski definition) is 3. The van der Waals surface area contributed by atoms with E-state index in [1.807, 2.05) is 0 Å². The third-order valence-corrected chi connectivity index (χ3v) is 3.23. The first kappa shape index (κ1) is 10.4. The minimum atomic E-state index is 0. The number of H-pyrrole nitrogens is 1. The van der Waals surface area contributed by atoms with Crippen molar-refractivity contribution in [3.05, 3.63) is 12.4 Å². The van der Waals surface area contributed by atoms with Crippen LogP contribution < -0.4 is 10.6 Å². The molecule has 1 aliphatic carbocycles. The summed E-state index contributed by atoms with van der Waals surface area (Å²) in [6.07, 6.45) is 4.33. The number of aromatic nitrogens is 2. The van der Waals surface area contributed by atoms with E-state index in [0.29, 0.717) is 5.41 Å². The van der Waals surface area contributed by atoms with Gasteiger partial charge in [-0.1, -0.05) is 0 Å². The highest BCUT2D eigenvalue weighted by Gasteiger charge is 2.61. The number of amides is 1. The topological polar surface area (TPSA) is 69.8 Å². The van der Waals surface area contributed by atoms with Crippen LogP contribution in [0.25, 0.3) is 0 Å². The Bertz CT molecular complexity index is 360. The smallest absolute Gasteiger partial charge is 0.228 e. The van der Waals surface area contributed by atoms with Gasteiger partial charge in [-0.15, -0.1) is 12.4 Å². The molecule has 3 rings (SSSR count). The third-order valence-electron chi connectivity index (χ3n) is 3.23. The standard InChI is InChI=1S/C9H12N4O.ClH/c14-8(13-6-2-11-12-3-6)7-1-9(7)4-10-5-9;/h2-3,7,10H,1,4-5H2,(H,11,12)(H,13,14);1H. The van der Waals surface area contributed by atoms with Crippen molar-refractivity contribution in [2.75, 3.05) is 18.4 Å². The second kappa shape index (κ2) is 3.50. The van der Waals surface area contributed by atoms with Crippen molar-refractivity contribution in [2.45, 2.75) is 6.42 Å². The molecule has 1 aromatic heterocycles. The van der Waals surface area contributed by atoms with E-state index in [2.05, 4.69) is 20.8 Å². The molecule has 2 fully saturated rings. The lowest BCUT2D eigenvalue weighted by Crippen LogP contribution is -2.46. The predicted molar refractivity (Wildman–Crippen MR) is 57.9 cm³/mol. The summed E-state index contributed by atoms with van der Waals surface area (Å²) in [5.41, 5.74) is 1.05. The Morgan fingerprint density at radius 2 is 2.40 bits per heavy atom. The Morgan fingerprint density at radius 1 is 1.60 bits per heavy atom. The molecule has 1 amide bonds. The summed E-state index contributed by atoms with van der Waals surface area (Å²) >= 11 is 0. The molecule has 1 atom stereocenters. The third kappa shape index (κ3) is 1.61. The van der Waals surface area contributed by atoms with Gasteiger partial charge in [0.1, 0.15) is 0 Å². The van der Waals surface area contributed by atoms with Crippen LogP contribution in [0.5, 0.6) is 0 Å². The van der Waals surface area contributed by atoms with Crippen LogP contribution in [0.15, 0.2) is 12.4 Å². The number of carbonyl (C=O) groups excluding carboxylic acids is 1. The van der Waals surface area contributed by atoms with E-state index in [0.717, 1.165) is 25.2 Å². The van der Waals surface area contributed by atoms with Crippen molar-refractivity contribution >= 4 is 24.0 Å². The second-order valence-corrected chi connectivity index (χ2v) is 4.20. The van der Waals surface area contributed by atoms with Gasteiger partial charge >= 0.3 is 0 Å². The molecule has 0 bridgehead atoms. The van der Waals surface area contributed by atoms with Crippen LogP contribution in [0, 0.1) is 11.3 Å². The summed E-state index contributed by atoms with van der Waals surface area (Å²) in [7, 11) is 0. The molecule has 1 unspecified atom stereocenters. The number of nitrogens with one attached hydrogen (secondary N) is 3. The lowest BCUT2D eigenvalue weighted by atomic mass is 9.96. The minimum Gasteiger partial charge on any atom is -0.323 e. The van der Waals surface area contributed by atoms with Gasteiger partial charge in [0.15, 0.2) is 0 Å². The number of nitrogens with zero attached hydrogens (tertiary/aromatic N) is 1. The van der Waals surface area contributed by atoms with Crippen LogP contribution in [0.3, 0.4) is 0 Å². The number of carbonyl (C=O) groups is 1. The monoisotopic (exact) mass is 228 g/mol. The quantitative estimate of drug-likeness (QED) is 0.686. The highest BCUT2D eigenvalue weighted by molar-refractivity contribution is 5.95. The van der Waals surface area contributed by atoms with Crippen molar-refractivity contribution in [1.29, 1.82) is 0 Å². The number of anilines is 1. The normalized spacial score (nSPS) is 25.2. The molecule has 2 heterocycles. The SMILES string of the molecule is Cl.O=C(Nc1cn[nH]c1)C1CC12CNC2. The first-order chi connectivity index (χ1) is 6.80. The fourth-order valence-corrected chi connectivity index (χ4v) is 2.10. The fourth-order valence-electron chi connectivity index (χ4n) is 2.10. The van der Waals surface area contributed by atoms with Crippen LogP contribution in [0.4, 0.5) is 5.69 Å². The number of aromatic amines is 1. The van der Waals surface area contributed by atoms with Crippen LogP contribution in [0.1, 0.15) is 6.42 Å². The van der Waals surface area contributed by atoms with Gasteiger partial charge in [-0.05, 0) is 6.42 Å². The Morgan fingerprint density at radius 3 is 2.87 bits per heavy atom. The van der Waals surface area contributed by atoms with E-state index in [1.54, 1.807) is 12.4 Å². The van der Waals surface area contributed by atoms with Crippen molar-refractivity contribution in [3.8, 4) is 0 Å². The molecule has 1 aliphatic heterocycles. The van der Waals surface area contributed by atoms with Crippen molar-refractivity contribution in [2.24, 2.45) is 11.3 Å². The Kier molecular flexibility index (Phi) is 2.44. The highest BCUT2D eigenvalue weighted by Crippen LogP contribution is 2.55. The molecule has 1 saturated carbocycles. The molecule has 0 radical (unpaired) electrons. The van der Waals surface area contributed by atoms with Crippen molar-refractivity contribution in [1.82, 2.24) is 15.5 Å². The van der Waals surface area contributed by atoms with E-state index >= 15 is 0 Å². The summed E-state index contributed by atoms with van der Waals surface area (Å²) in [6, 6.07) is 0. The first-order valence-electron chi connectivity index (χ1n) is 4.81. The summed E-state index contributed by atoms with van der Waals surface area (Å²) in [6.45, 7) is 1.99. The van der Waals surface area contributed by atoms with Gasteiger partial charge in [0, 0.05) is 30.6 Å². The summed E-state index contributed by atoms with van der Waals surface area (Å²) < 4.78 is 0. The number of halogens is 1. The maximum atomic E-state index is 11.7. The summed E-state index contributed by atoms with van der Waals surface area (Å²) in [5.74, 6) is 0.339. The highest BCUT2D eigenvalue weighted by atomic mass is 35.5. The molecule has 3 N–H and O–H groups in total. The first-order valence-corrected chi connectivity index (χ1v) is 4.81. The fraction of sp³-hybridized carbons (Fsp3) is 0.556. The van der Waals surface area contributed by atoms with E-state index in [-0.39, 0.29) is 24.2 Å². The molecular formula is C9H13ClN4O. The number of rotatable bonds is 2. The molecule has 82 valence electrons. The lowest BCUT2D eigenvalue weighted by Gasteiger charge is -2.28. The molecule has 1 saturated heterocycles. The van der Waals surface area contributed by atoms with Gasteiger partial charge in [-0.2, -0.15) is 5.10 Å². The minimum absolute atomic E-state index is 0. The zero-order valence-electron chi connectivity index (χ0n) is 8.12. The van der Waals surface area contributed by atoms with Crippen LogP contribution in [-0.2, 0) is 4.79 Å². The molecule has 1 spiro atoms. The average molecular weight is 229 g/mol. The van der Waals surface area contributed by atoms with Crippen molar-refractivity contribution in [3.63, 3.8) is 0 Å². The van der Waals surface area contributed by atoms with Crippen LogP contribution in [-0.4, -0.2) is 29.2 Å². The van der Waals surface area contributed by atoms with Gasteiger partial charge in [0.2, 0.25) is 5.91 Å². The van der Waals surface area contributed by atoms with E-state index < -0.39 is 0 Å². The second-order valence-electron chi connectivity index (χ2n) is 4.20. The molecule has 5 nitrogen and oxygen atoms in total. The summed E-state index contributed by atoms with van der Waals surface area (Å²) in [4.78, 5) is 11.7. The Labute approximate surface area is 93.4 Å². The molecule has 15 heavy (non-hydrogen) atoms. The van der Waals surface area contributed by atoms with E-state index in [9.17, 15) is 4.79 Å². The van der Waals surface area contributed by atoms with Crippen molar-refractivity contribution < 1.29 is 4.79 Å². The van der Waals surface area contributed by atoms with Gasteiger partial charge in [-0.25, -0.2) is 0 Å². The largest absolute Gasteiger partial charge is 0.323 e. The molecular weight excluding hydrogens is 216 g/mol. The molecule has 2 aliphatic rings. The zero-order chi connectivity index (χ0) is 9.60. The maximum absolute atomic E-state index is 11.7. The average Bonchev–Trinajstić information content (AvgIpc) is 2.71. The van der Waals surface area contributed by atoms with Gasteiger partial charge < -0.3 is 10.6 Å². The Hall–Kier alpha value is -1.07. The Balaban J connectivity index is 0.000000853. The van der Waals surface area contributed by atoms with E-state index in [4.69, 9.17) is 0 Å². The number of hydrogen-bond donors (Lipinski definition) is 3. The summed E-state index contributed by atoms with van der Waals surface area (Å²) in [5, 5.41) is 12.5. The van der Waals surface area contributed by atoms with E-state index in [1.165, 1.54) is 0 Å². The van der Waals surface area contributed by atoms with Crippen LogP contribution >= 0.6 is 12.4 Å². The molecule has 6 heteroatoms. The van der Waals surface area contributed by atoms with Gasteiger partial charge in [-0.3, -0.25) is 9.89 Å². The maximum Gasteiger partial charge on any atom is 0.228 e. The van der Waals surface area contributed by atoms with Gasteiger partial charge in [0.25, 0.3) is 0 Å². The predicted octanol–water partition coefficient (Wildman–Crippen LogP) is 0.379. The zero-order valence-corrected chi connectivity index (χ0v) is 8.93. The lowest BCUT2D eigenvalue weighted by molar-refractivity contribution is -0.118. The molecule has 0 aromatic carbocycles.